The SMILES string of the molecule is CCOC(CCCCCCCl)OCC. The van der Waals surface area contributed by atoms with Crippen molar-refractivity contribution in [2.45, 2.75) is 52.2 Å². The summed E-state index contributed by atoms with van der Waals surface area (Å²) >= 11 is 5.59. The van der Waals surface area contributed by atoms with Crippen LogP contribution in [0.1, 0.15) is 46.0 Å². The summed E-state index contributed by atoms with van der Waals surface area (Å²) in [5.41, 5.74) is 0. The molecule has 0 aromatic carbocycles. The van der Waals surface area contributed by atoms with Gasteiger partial charge < -0.3 is 9.47 Å². The Morgan fingerprint density at radius 1 is 0.929 bits per heavy atom. The van der Waals surface area contributed by atoms with Gasteiger partial charge in [-0.1, -0.05) is 12.8 Å². The number of alkyl halides is 1. The van der Waals surface area contributed by atoms with Crippen LogP contribution in [0.5, 0.6) is 0 Å². The Kier molecular flexibility index (Phi) is 11.5. The minimum absolute atomic E-state index is 0.000927. The van der Waals surface area contributed by atoms with Gasteiger partial charge >= 0.3 is 0 Å². The Bertz CT molecular complexity index is 103. The van der Waals surface area contributed by atoms with Gasteiger partial charge in [-0.2, -0.15) is 0 Å². The van der Waals surface area contributed by atoms with Crippen LogP contribution in [-0.2, 0) is 9.47 Å². The molecule has 0 unspecified atom stereocenters. The first-order valence-electron chi connectivity index (χ1n) is 5.64. The molecule has 0 spiro atoms. The Morgan fingerprint density at radius 3 is 2.00 bits per heavy atom. The van der Waals surface area contributed by atoms with Crippen molar-refractivity contribution in [2.75, 3.05) is 19.1 Å². The maximum Gasteiger partial charge on any atom is 0.157 e. The zero-order chi connectivity index (χ0) is 10.6. The van der Waals surface area contributed by atoms with Crippen molar-refractivity contribution >= 4 is 11.6 Å². The van der Waals surface area contributed by atoms with Gasteiger partial charge in [0.15, 0.2) is 6.29 Å². The van der Waals surface area contributed by atoms with Crippen LogP contribution in [-0.4, -0.2) is 25.4 Å². The van der Waals surface area contributed by atoms with Gasteiger partial charge in [0, 0.05) is 19.1 Å². The van der Waals surface area contributed by atoms with Crippen molar-refractivity contribution < 1.29 is 9.47 Å². The van der Waals surface area contributed by atoms with Crippen molar-refractivity contribution in [3.05, 3.63) is 0 Å². The highest BCUT2D eigenvalue weighted by Gasteiger charge is 2.06. The van der Waals surface area contributed by atoms with Crippen LogP contribution in [0, 0.1) is 0 Å². The van der Waals surface area contributed by atoms with E-state index < -0.39 is 0 Å². The molecule has 0 radical (unpaired) electrons. The molecule has 0 aliphatic carbocycles. The fourth-order valence-electron chi connectivity index (χ4n) is 1.35. The molecule has 0 saturated heterocycles. The van der Waals surface area contributed by atoms with Gasteiger partial charge in [-0.25, -0.2) is 0 Å². The summed E-state index contributed by atoms with van der Waals surface area (Å²) in [7, 11) is 0. The van der Waals surface area contributed by atoms with Crippen LogP contribution < -0.4 is 0 Å². The van der Waals surface area contributed by atoms with E-state index in [1.165, 1.54) is 19.3 Å². The smallest absolute Gasteiger partial charge is 0.157 e. The molecular formula is C11H23ClO2. The van der Waals surface area contributed by atoms with Crippen molar-refractivity contribution in [3.8, 4) is 0 Å². The first-order chi connectivity index (χ1) is 6.85. The average Bonchev–Trinajstić information content (AvgIpc) is 2.18. The minimum atomic E-state index is 0.000927. The van der Waals surface area contributed by atoms with Gasteiger partial charge in [0.2, 0.25) is 0 Å². The van der Waals surface area contributed by atoms with Gasteiger partial charge in [-0.05, 0) is 33.1 Å². The van der Waals surface area contributed by atoms with Crippen LogP contribution in [0.4, 0.5) is 0 Å². The summed E-state index contributed by atoms with van der Waals surface area (Å²) in [5, 5.41) is 0. The normalized spacial score (nSPS) is 11.1. The predicted molar refractivity (Wildman–Crippen MR) is 60.8 cm³/mol. The van der Waals surface area contributed by atoms with Gasteiger partial charge in [0.1, 0.15) is 0 Å². The summed E-state index contributed by atoms with van der Waals surface area (Å²) in [6.07, 6.45) is 5.74. The largest absolute Gasteiger partial charge is 0.353 e. The lowest BCUT2D eigenvalue weighted by atomic mass is 10.1. The molecule has 0 atom stereocenters. The van der Waals surface area contributed by atoms with E-state index in [0.29, 0.717) is 0 Å². The Balaban J connectivity index is 3.30. The molecule has 0 aliphatic rings. The molecule has 0 heterocycles. The fourth-order valence-corrected chi connectivity index (χ4v) is 1.53. The third-order valence-corrected chi connectivity index (χ3v) is 2.30. The summed E-state index contributed by atoms with van der Waals surface area (Å²) in [5.74, 6) is 0.778. The molecule has 0 rings (SSSR count). The topological polar surface area (TPSA) is 18.5 Å². The number of hydrogen-bond donors (Lipinski definition) is 0. The van der Waals surface area contributed by atoms with Crippen LogP contribution in [0.2, 0.25) is 0 Å². The van der Waals surface area contributed by atoms with Crippen molar-refractivity contribution in [1.29, 1.82) is 0 Å². The van der Waals surface area contributed by atoms with E-state index in [2.05, 4.69) is 0 Å². The van der Waals surface area contributed by atoms with E-state index in [1.807, 2.05) is 13.8 Å². The highest BCUT2D eigenvalue weighted by molar-refractivity contribution is 6.17. The summed E-state index contributed by atoms with van der Waals surface area (Å²) in [4.78, 5) is 0. The summed E-state index contributed by atoms with van der Waals surface area (Å²) in [6.45, 7) is 5.46. The predicted octanol–water partition coefficient (Wildman–Crippen LogP) is 3.57. The van der Waals surface area contributed by atoms with Gasteiger partial charge in [-0.15, -0.1) is 11.6 Å². The second-order valence-corrected chi connectivity index (χ2v) is 3.61. The maximum atomic E-state index is 5.59. The number of halogens is 1. The van der Waals surface area contributed by atoms with Crippen LogP contribution in [0.3, 0.4) is 0 Å². The van der Waals surface area contributed by atoms with Crippen molar-refractivity contribution in [2.24, 2.45) is 0 Å². The Morgan fingerprint density at radius 2 is 1.50 bits per heavy atom. The van der Waals surface area contributed by atoms with Crippen molar-refractivity contribution in [1.82, 2.24) is 0 Å². The van der Waals surface area contributed by atoms with Gasteiger partial charge in [-0.3, -0.25) is 0 Å². The quantitative estimate of drug-likeness (QED) is 0.320. The molecule has 0 bridgehead atoms. The lowest BCUT2D eigenvalue weighted by Crippen LogP contribution is -2.17. The molecule has 0 aromatic rings. The van der Waals surface area contributed by atoms with E-state index in [0.717, 1.165) is 31.9 Å². The fraction of sp³-hybridized carbons (Fsp3) is 1.00. The maximum absolute atomic E-state index is 5.59. The third kappa shape index (κ3) is 8.79. The van der Waals surface area contributed by atoms with Crippen LogP contribution in [0.15, 0.2) is 0 Å². The molecule has 0 aromatic heterocycles. The third-order valence-electron chi connectivity index (χ3n) is 2.03. The van der Waals surface area contributed by atoms with Crippen LogP contribution >= 0.6 is 11.6 Å². The van der Waals surface area contributed by atoms with E-state index in [-0.39, 0.29) is 6.29 Å². The van der Waals surface area contributed by atoms with Crippen molar-refractivity contribution in [3.63, 3.8) is 0 Å². The molecule has 0 aliphatic heterocycles. The molecule has 14 heavy (non-hydrogen) atoms. The van der Waals surface area contributed by atoms with Gasteiger partial charge in [0.05, 0.1) is 0 Å². The first kappa shape index (κ1) is 14.2. The first-order valence-corrected chi connectivity index (χ1v) is 6.17. The van der Waals surface area contributed by atoms with E-state index >= 15 is 0 Å². The number of rotatable bonds is 10. The number of ether oxygens (including phenoxy) is 2. The molecule has 0 N–H and O–H groups in total. The van der Waals surface area contributed by atoms with Crippen LogP contribution in [0.25, 0.3) is 0 Å². The molecule has 0 amide bonds. The lowest BCUT2D eigenvalue weighted by Gasteiger charge is -2.16. The Hall–Kier alpha value is 0.210. The highest BCUT2D eigenvalue weighted by atomic mass is 35.5. The molecular weight excluding hydrogens is 200 g/mol. The van der Waals surface area contributed by atoms with E-state index in [4.69, 9.17) is 21.1 Å². The second-order valence-electron chi connectivity index (χ2n) is 3.23. The molecule has 2 nitrogen and oxygen atoms in total. The summed E-state index contributed by atoms with van der Waals surface area (Å²) in [6, 6.07) is 0. The van der Waals surface area contributed by atoms with Gasteiger partial charge in [0.25, 0.3) is 0 Å². The number of hydrogen-bond acceptors (Lipinski definition) is 2. The zero-order valence-electron chi connectivity index (χ0n) is 9.43. The second kappa shape index (κ2) is 11.3. The monoisotopic (exact) mass is 222 g/mol. The van der Waals surface area contributed by atoms with E-state index in [9.17, 15) is 0 Å². The average molecular weight is 223 g/mol. The number of unbranched alkanes of at least 4 members (excludes halogenated alkanes) is 3. The molecule has 0 fully saturated rings. The molecule has 0 saturated carbocycles. The minimum Gasteiger partial charge on any atom is -0.353 e. The molecule has 3 heteroatoms. The highest BCUT2D eigenvalue weighted by Crippen LogP contribution is 2.09. The standard InChI is InChI=1S/C11H23ClO2/c1-3-13-11(14-4-2)9-7-5-6-8-10-12/h11H,3-10H2,1-2H3. The van der Waals surface area contributed by atoms with E-state index in [1.54, 1.807) is 0 Å². The lowest BCUT2D eigenvalue weighted by molar-refractivity contribution is -0.140. The summed E-state index contributed by atoms with van der Waals surface area (Å²) < 4.78 is 10.9. The molecule has 86 valence electrons. The zero-order valence-corrected chi connectivity index (χ0v) is 10.2. The Labute approximate surface area is 92.9 Å².